The molecular weight excluding hydrogens is 511 g/mol. The highest BCUT2D eigenvalue weighted by atomic mass is 32.2. The number of thiazole rings is 1. The molecule has 0 saturated carbocycles. The SMILES string of the molecule is CCN1CCc2c(sc(NC(=O)CCCS(=O)(=O)c3ccc(C)cc3)c2-c2nc3ccccc3s2)C1. The molecular formula is C27H29N3O3S3. The van der Waals surface area contributed by atoms with Gasteiger partial charge in [-0.05, 0) is 56.1 Å². The Morgan fingerprint density at radius 2 is 1.89 bits per heavy atom. The Balaban J connectivity index is 1.34. The molecule has 2 aromatic heterocycles. The number of amides is 1. The van der Waals surface area contributed by atoms with E-state index in [1.54, 1.807) is 46.9 Å². The summed E-state index contributed by atoms with van der Waals surface area (Å²) in [5.74, 6) is -0.219. The standard InChI is InChI=1S/C27H29N3O3S3/c1-3-30-15-14-20-23(17-30)35-27(25(20)26-28-21-7-4-5-8-22(21)34-26)29-24(31)9-6-16-36(32,33)19-12-10-18(2)11-13-19/h4-5,7-8,10-13H,3,6,9,14-17H2,1-2H3,(H,29,31). The second kappa shape index (κ2) is 10.4. The third kappa shape index (κ3) is 5.25. The number of aryl methyl sites for hydroxylation is 1. The molecule has 188 valence electrons. The highest BCUT2D eigenvalue weighted by Gasteiger charge is 2.27. The summed E-state index contributed by atoms with van der Waals surface area (Å²) in [6.07, 6.45) is 1.34. The highest BCUT2D eigenvalue weighted by Crippen LogP contribution is 2.45. The summed E-state index contributed by atoms with van der Waals surface area (Å²) in [6, 6.07) is 14.9. The summed E-state index contributed by atoms with van der Waals surface area (Å²) in [4.78, 5) is 21.8. The molecule has 3 heterocycles. The van der Waals surface area contributed by atoms with Crippen LogP contribution in [0.1, 0.15) is 35.8 Å². The van der Waals surface area contributed by atoms with E-state index >= 15 is 0 Å². The van der Waals surface area contributed by atoms with Crippen LogP contribution in [-0.2, 0) is 27.6 Å². The van der Waals surface area contributed by atoms with E-state index in [4.69, 9.17) is 4.98 Å². The van der Waals surface area contributed by atoms with Crippen LogP contribution in [0.25, 0.3) is 20.8 Å². The molecule has 5 rings (SSSR count). The van der Waals surface area contributed by atoms with Crippen molar-refractivity contribution < 1.29 is 13.2 Å². The number of rotatable bonds is 8. The van der Waals surface area contributed by atoms with Gasteiger partial charge in [-0.2, -0.15) is 0 Å². The summed E-state index contributed by atoms with van der Waals surface area (Å²) < 4.78 is 26.4. The number of hydrogen-bond acceptors (Lipinski definition) is 7. The number of benzene rings is 2. The molecule has 0 aliphatic carbocycles. The molecule has 0 fully saturated rings. The minimum absolute atomic E-state index is 0.0550. The van der Waals surface area contributed by atoms with Gasteiger partial charge < -0.3 is 5.32 Å². The van der Waals surface area contributed by atoms with Gasteiger partial charge in [0.15, 0.2) is 9.84 Å². The van der Waals surface area contributed by atoms with Crippen molar-refractivity contribution >= 4 is 53.6 Å². The lowest BCUT2D eigenvalue weighted by atomic mass is 10.0. The fraction of sp³-hybridized carbons (Fsp3) is 0.333. The van der Waals surface area contributed by atoms with Crippen molar-refractivity contribution in [1.29, 1.82) is 0 Å². The average molecular weight is 540 g/mol. The van der Waals surface area contributed by atoms with Gasteiger partial charge in [-0.3, -0.25) is 9.69 Å². The van der Waals surface area contributed by atoms with Crippen LogP contribution >= 0.6 is 22.7 Å². The number of nitrogens with zero attached hydrogens (tertiary/aromatic N) is 2. The Bertz CT molecular complexity index is 1470. The molecule has 0 spiro atoms. The Kier molecular flexibility index (Phi) is 7.25. The topological polar surface area (TPSA) is 79.4 Å². The van der Waals surface area contributed by atoms with E-state index in [0.29, 0.717) is 4.90 Å². The van der Waals surface area contributed by atoms with E-state index in [9.17, 15) is 13.2 Å². The van der Waals surface area contributed by atoms with E-state index in [0.717, 1.165) is 57.4 Å². The number of thiophene rings is 1. The number of para-hydroxylation sites is 1. The van der Waals surface area contributed by atoms with Crippen molar-refractivity contribution in [2.45, 2.75) is 44.6 Å². The first-order chi connectivity index (χ1) is 17.3. The summed E-state index contributed by atoms with van der Waals surface area (Å²) in [7, 11) is -3.41. The lowest BCUT2D eigenvalue weighted by molar-refractivity contribution is -0.116. The first-order valence-electron chi connectivity index (χ1n) is 12.2. The first-order valence-corrected chi connectivity index (χ1v) is 15.4. The fourth-order valence-electron chi connectivity index (χ4n) is 4.50. The number of sulfone groups is 1. The maximum absolute atomic E-state index is 12.9. The lowest BCUT2D eigenvalue weighted by Gasteiger charge is -2.25. The average Bonchev–Trinajstić information content (AvgIpc) is 3.44. The molecule has 2 aromatic carbocycles. The highest BCUT2D eigenvalue weighted by molar-refractivity contribution is 7.91. The van der Waals surface area contributed by atoms with E-state index in [-0.39, 0.29) is 24.5 Å². The second-order valence-corrected chi connectivity index (χ2v) is 13.3. The van der Waals surface area contributed by atoms with Gasteiger partial charge in [-0.15, -0.1) is 22.7 Å². The Morgan fingerprint density at radius 3 is 2.64 bits per heavy atom. The number of hydrogen-bond donors (Lipinski definition) is 1. The quantitative estimate of drug-likeness (QED) is 0.301. The van der Waals surface area contributed by atoms with Crippen LogP contribution < -0.4 is 5.32 Å². The smallest absolute Gasteiger partial charge is 0.225 e. The Morgan fingerprint density at radius 1 is 1.11 bits per heavy atom. The van der Waals surface area contributed by atoms with Crippen molar-refractivity contribution in [2.24, 2.45) is 0 Å². The van der Waals surface area contributed by atoms with E-state index in [1.165, 1.54) is 10.4 Å². The zero-order valence-electron chi connectivity index (χ0n) is 20.4. The van der Waals surface area contributed by atoms with E-state index in [1.807, 2.05) is 25.1 Å². The molecule has 36 heavy (non-hydrogen) atoms. The van der Waals surface area contributed by atoms with Gasteiger partial charge in [-0.1, -0.05) is 36.8 Å². The van der Waals surface area contributed by atoms with Gasteiger partial charge in [0.1, 0.15) is 10.0 Å². The molecule has 0 radical (unpaired) electrons. The number of anilines is 1. The number of carbonyl (C=O) groups is 1. The molecule has 1 amide bonds. The summed E-state index contributed by atoms with van der Waals surface area (Å²) in [5, 5.41) is 4.86. The minimum atomic E-state index is -3.41. The number of nitrogens with one attached hydrogen (secondary N) is 1. The number of fused-ring (bicyclic) bond motifs is 2. The largest absolute Gasteiger partial charge is 0.317 e. The Hall–Kier alpha value is -2.59. The van der Waals surface area contributed by atoms with Gasteiger partial charge in [-0.25, -0.2) is 13.4 Å². The Labute approximate surface area is 219 Å². The predicted octanol–water partition coefficient (Wildman–Crippen LogP) is 5.90. The molecule has 1 N–H and O–H groups in total. The van der Waals surface area contributed by atoms with E-state index in [2.05, 4.69) is 23.2 Å². The number of aromatic nitrogens is 1. The van der Waals surface area contributed by atoms with Crippen LogP contribution in [0.5, 0.6) is 0 Å². The zero-order valence-corrected chi connectivity index (χ0v) is 22.9. The predicted molar refractivity (Wildman–Crippen MR) is 149 cm³/mol. The maximum Gasteiger partial charge on any atom is 0.225 e. The fourth-order valence-corrected chi connectivity index (χ4v) is 8.22. The number of carbonyl (C=O) groups excluding carboxylic acids is 1. The molecule has 6 nitrogen and oxygen atoms in total. The minimum Gasteiger partial charge on any atom is -0.317 e. The maximum atomic E-state index is 12.9. The lowest BCUT2D eigenvalue weighted by Crippen LogP contribution is -2.29. The third-order valence-corrected chi connectivity index (χ3v) is 10.5. The molecule has 0 bridgehead atoms. The van der Waals surface area contributed by atoms with Crippen LogP contribution in [0.2, 0.25) is 0 Å². The molecule has 1 aliphatic rings. The third-order valence-electron chi connectivity index (χ3n) is 6.54. The molecule has 4 aromatic rings. The molecule has 9 heteroatoms. The van der Waals surface area contributed by atoms with Crippen molar-refractivity contribution in [1.82, 2.24) is 9.88 Å². The van der Waals surface area contributed by atoms with Gasteiger partial charge >= 0.3 is 0 Å². The van der Waals surface area contributed by atoms with Crippen molar-refractivity contribution in [3.05, 3.63) is 64.5 Å². The van der Waals surface area contributed by atoms with E-state index < -0.39 is 9.84 Å². The van der Waals surface area contributed by atoms with Crippen molar-refractivity contribution in [3.63, 3.8) is 0 Å². The van der Waals surface area contributed by atoms with Crippen LogP contribution in [0.3, 0.4) is 0 Å². The van der Waals surface area contributed by atoms with Crippen LogP contribution in [-0.4, -0.2) is 43.1 Å². The molecule has 0 unspecified atom stereocenters. The summed E-state index contributed by atoms with van der Waals surface area (Å²) in [6.45, 7) is 6.94. The summed E-state index contributed by atoms with van der Waals surface area (Å²) >= 11 is 3.27. The van der Waals surface area contributed by atoms with Crippen LogP contribution in [0, 0.1) is 6.92 Å². The van der Waals surface area contributed by atoms with Gasteiger partial charge in [0.2, 0.25) is 5.91 Å². The van der Waals surface area contributed by atoms with Crippen molar-refractivity contribution in [2.75, 3.05) is 24.2 Å². The molecule has 0 saturated heterocycles. The van der Waals surface area contributed by atoms with Gasteiger partial charge in [0.05, 0.1) is 20.9 Å². The monoisotopic (exact) mass is 539 g/mol. The first kappa shape index (κ1) is 25.1. The molecule has 0 atom stereocenters. The normalized spacial score (nSPS) is 14.2. The van der Waals surface area contributed by atoms with Gasteiger partial charge in [0, 0.05) is 30.0 Å². The zero-order chi connectivity index (χ0) is 25.3. The van der Waals surface area contributed by atoms with Crippen molar-refractivity contribution in [3.8, 4) is 10.6 Å². The van der Waals surface area contributed by atoms with Crippen LogP contribution in [0.4, 0.5) is 5.00 Å². The summed E-state index contributed by atoms with van der Waals surface area (Å²) in [5.41, 5.74) is 4.29. The second-order valence-electron chi connectivity index (χ2n) is 9.10. The van der Waals surface area contributed by atoms with Crippen LogP contribution in [0.15, 0.2) is 53.4 Å². The molecule has 1 aliphatic heterocycles. The number of likely N-dealkylation sites (N-methyl/N-ethyl adjacent to an activating group) is 1. The van der Waals surface area contributed by atoms with Gasteiger partial charge in [0.25, 0.3) is 0 Å².